The van der Waals surface area contributed by atoms with E-state index in [0.717, 1.165) is 0 Å². The summed E-state index contributed by atoms with van der Waals surface area (Å²) in [5.74, 6) is -0.354. The summed E-state index contributed by atoms with van der Waals surface area (Å²) >= 11 is 12.0. The van der Waals surface area contributed by atoms with Crippen LogP contribution in [0.2, 0.25) is 10.0 Å². The van der Waals surface area contributed by atoms with E-state index in [1.807, 2.05) is 0 Å². The third-order valence-corrected chi connectivity index (χ3v) is 3.93. The van der Waals surface area contributed by atoms with Crippen LogP contribution in [0.5, 0.6) is 0 Å². The summed E-state index contributed by atoms with van der Waals surface area (Å²) in [6.07, 6.45) is 4.13. The standard InChI is InChI=1S/C15H11Cl2FN4O/c1-15(2,23)14-20-4-7(5-21-14)12-9(18)3-10-13(22-12)11(17)8(16)6-19-10/h3-6,23H,1-2H3. The molecule has 0 aromatic carbocycles. The lowest BCUT2D eigenvalue weighted by atomic mass is 10.1. The van der Waals surface area contributed by atoms with Gasteiger partial charge in [0.15, 0.2) is 11.6 Å². The number of fused-ring (bicyclic) bond motifs is 1. The molecule has 0 unspecified atom stereocenters. The topological polar surface area (TPSA) is 71.8 Å². The minimum absolute atomic E-state index is 0.0331. The normalized spacial score (nSPS) is 11.9. The molecule has 23 heavy (non-hydrogen) atoms. The summed E-state index contributed by atoms with van der Waals surface area (Å²) in [6, 6.07) is 1.23. The van der Waals surface area contributed by atoms with Crippen LogP contribution in [0.4, 0.5) is 4.39 Å². The SMILES string of the molecule is CC(C)(O)c1ncc(-c2nc3c(Cl)c(Cl)cnc3cc2F)cn1. The fourth-order valence-corrected chi connectivity index (χ4v) is 2.33. The van der Waals surface area contributed by atoms with Gasteiger partial charge >= 0.3 is 0 Å². The predicted molar refractivity (Wildman–Crippen MR) is 85.8 cm³/mol. The second kappa shape index (κ2) is 5.63. The van der Waals surface area contributed by atoms with Crippen molar-refractivity contribution in [3.05, 3.63) is 46.3 Å². The highest BCUT2D eigenvalue weighted by atomic mass is 35.5. The predicted octanol–water partition coefficient (Wildman–Crippen LogP) is 3.76. The first kappa shape index (κ1) is 16.0. The maximum absolute atomic E-state index is 14.3. The quantitative estimate of drug-likeness (QED) is 0.760. The van der Waals surface area contributed by atoms with Crippen LogP contribution < -0.4 is 0 Å². The smallest absolute Gasteiger partial charge is 0.159 e. The Hall–Kier alpha value is -1.89. The molecule has 0 radical (unpaired) electrons. The molecule has 8 heteroatoms. The lowest BCUT2D eigenvalue weighted by molar-refractivity contribution is 0.0687. The Morgan fingerprint density at radius 1 is 1.09 bits per heavy atom. The zero-order valence-electron chi connectivity index (χ0n) is 12.2. The molecule has 3 rings (SSSR count). The Bertz CT molecular complexity index is 895. The Kier molecular flexibility index (Phi) is 3.91. The van der Waals surface area contributed by atoms with Crippen molar-refractivity contribution in [3.8, 4) is 11.3 Å². The van der Waals surface area contributed by atoms with Gasteiger partial charge in [-0.05, 0) is 13.8 Å². The molecule has 3 heterocycles. The van der Waals surface area contributed by atoms with E-state index in [9.17, 15) is 9.50 Å². The van der Waals surface area contributed by atoms with Crippen LogP contribution in [0.15, 0.2) is 24.7 Å². The van der Waals surface area contributed by atoms with E-state index >= 15 is 0 Å². The van der Waals surface area contributed by atoms with Gasteiger partial charge in [0, 0.05) is 30.2 Å². The third kappa shape index (κ3) is 2.97. The van der Waals surface area contributed by atoms with E-state index < -0.39 is 11.4 Å². The van der Waals surface area contributed by atoms with Gasteiger partial charge in [0.2, 0.25) is 0 Å². The van der Waals surface area contributed by atoms with Crippen molar-refractivity contribution in [2.75, 3.05) is 0 Å². The van der Waals surface area contributed by atoms with Crippen molar-refractivity contribution in [3.63, 3.8) is 0 Å². The molecule has 3 aromatic heterocycles. The average molecular weight is 353 g/mol. The number of hydrogen-bond donors (Lipinski definition) is 1. The lowest BCUT2D eigenvalue weighted by Crippen LogP contribution is -2.19. The van der Waals surface area contributed by atoms with Gasteiger partial charge in [0.25, 0.3) is 0 Å². The van der Waals surface area contributed by atoms with Crippen molar-refractivity contribution in [2.45, 2.75) is 19.4 Å². The molecule has 0 aliphatic rings. The van der Waals surface area contributed by atoms with E-state index in [4.69, 9.17) is 23.2 Å². The average Bonchev–Trinajstić information content (AvgIpc) is 2.50. The molecule has 5 nitrogen and oxygen atoms in total. The molecule has 0 saturated heterocycles. The Labute approximate surface area is 141 Å². The highest BCUT2D eigenvalue weighted by Gasteiger charge is 2.20. The van der Waals surface area contributed by atoms with E-state index in [1.165, 1.54) is 24.7 Å². The summed E-state index contributed by atoms with van der Waals surface area (Å²) in [6.45, 7) is 3.12. The van der Waals surface area contributed by atoms with Crippen LogP contribution in [-0.2, 0) is 5.60 Å². The summed E-state index contributed by atoms with van der Waals surface area (Å²) in [5, 5.41) is 10.3. The Morgan fingerprint density at radius 2 is 1.74 bits per heavy atom. The molecular formula is C15H11Cl2FN4O. The lowest BCUT2D eigenvalue weighted by Gasteiger charge is -2.15. The number of nitrogens with zero attached hydrogens (tertiary/aromatic N) is 4. The van der Waals surface area contributed by atoms with Crippen molar-refractivity contribution >= 4 is 34.2 Å². The largest absolute Gasteiger partial charge is 0.382 e. The first-order valence-corrected chi connectivity index (χ1v) is 7.38. The van der Waals surface area contributed by atoms with Gasteiger partial charge in [-0.3, -0.25) is 4.98 Å². The van der Waals surface area contributed by atoms with Crippen molar-refractivity contribution in [1.82, 2.24) is 19.9 Å². The molecule has 118 valence electrons. The Morgan fingerprint density at radius 3 is 2.35 bits per heavy atom. The highest BCUT2D eigenvalue weighted by Crippen LogP contribution is 2.31. The summed E-state index contributed by atoms with van der Waals surface area (Å²) in [5.41, 5.74) is -0.203. The fourth-order valence-electron chi connectivity index (χ4n) is 2.00. The zero-order valence-corrected chi connectivity index (χ0v) is 13.7. The van der Waals surface area contributed by atoms with Crippen LogP contribution in [-0.4, -0.2) is 25.0 Å². The first-order chi connectivity index (χ1) is 10.8. The number of hydrogen-bond acceptors (Lipinski definition) is 5. The minimum atomic E-state index is -1.19. The number of rotatable bonds is 2. The number of aromatic nitrogens is 4. The second-order valence-corrected chi connectivity index (χ2v) is 6.25. The van der Waals surface area contributed by atoms with Gasteiger partial charge in [0.1, 0.15) is 16.8 Å². The first-order valence-electron chi connectivity index (χ1n) is 6.63. The van der Waals surface area contributed by atoms with Gasteiger partial charge in [0.05, 0.1) is 15.6 Å². The van der Waals surface area contributed by atoms with Crippen molar-refractivity contribution in [2.24, 2.45) is 0 Å². The molecule has 0 aliphatic heterocycles. The van der Waals surface area contributed by atoms with E-state index in [-0.39, 0.29) is 21.6 Å². The van der Waals surface area contributed by atoms with E-state index in [1.54, 1.807) is 13.8 Å². The van der Waals surface area contributed by atoms with Crippen LogP contribution in [0.1, 0.15) is 19.7 Å². The van der Waals surface area contributed by atoms with Crippen LogP contribution in [0.25, 0.3) is 22.3 Å². The minimum Gasteiger partial charge on any atom is -0.382 e. The molecule has 3 aromatic rings. The maximum atomic E-state index is 14.3. The molecule has 0 aliphatic carbocycles. The van der Waals surface area contributed by atoms with Gasteiger partial charge in [-0.2, -0.15) is 0 Å². The summed E-state index contributed by atoms with van der Waals surface area (Å²) in [4.78, 5) is 16.3. The monoisotopic (exact) mass is 352 g/mol. The number of aliphatic hydroxyl groups is 1. The molecular weight excluding hydrogens is 342 g/mol. The van der Waals surface area contributed by atoms with Crippen LogP contribution in [0.3, 0.4) is 0 Å². The van der Waals surface area contributed by atoms with Gasteiger partial charge in [-0.25, -0.2) is 19.3 Å². The summed E-state index contributed by atoms with van der Waals surface area (Å²) in [7, 11) is 0. The molecule has 0 atom stereocenters. The van der Waals surface area contributed by atoms with Crippen molar-refractivity contribution < 1.29 is 9.50 Å². The molecule has 0 saturated carbocycles. The molecule has 0 bridgehead atoms. The molecule has 1 N–H and O–H groups in total. The molecule has 0 fully saturated rings. The number of halogens is 3. The third-order valence-electron chi connectivity index (χ3n) is 3.16. The number of pyridine rings is 2. The van der Waals surface area contributed by atoms with Gasteiger partial charge in [-0.1, -0.05) is 23.2 Å². The maximum Gasteiger partial charge on any atom is 0.159 e. The van der Waals surface area contributed by atoms with Crippen molar-refractivity contribution in [1.29, 1.82) is 0 Å². The second-order valence-electron chi connectivity index (χ2n) is 5.46. The Balaban J connectivity index is 2.16. The highest BCUT2D eigenvalue weighted by molar-refractivity contribution is 6.44. The molecule has 0 amide bonds. The molecule has 0 spiro atoms. The van der Waals surface area contributed by atoms with Gasteiger partial charge in [-0.15, -0.1) is 0 Å². The van der Waals surface area contributed by atoms with Gasteiger partial charge < -0.3 is 5.11 Å². The fraction of sp³-hybridized carbons (Fsp3) is 0.200. The van der Waals surface area contributed by atoms with E-state index in [0.29, 0.717) is 16.6 Å². The van der Waals surface area contributed by atoms with Crippen LogP contribution >= 0.6 is 23.2 Å². The zero-order chi connectivity index (χ0) is 16.8. The summed E-state index contributed by atoms with van der Waals surface area (Å²) < 4.78 is 14.3. The van der Waals surface area contributed by atoms with Crippen LogP contribution in [0, 0.1) is 5.82 Å². The van der Waals surface area contributed by atoms with E-state index in [2.05, 4.69) is 19.9 Å².